The summed E-state index contributed by atoms with van der Waals surface area (Å²) >= 11 is 0. The van der Waals surface area contributed by atoms with Gasteiger partial charge in [-0.1, -0.05) is 100 Å². The van der Waals surface area contributed by atoms with Crippen LogP contribution in [-0.4, -0.2) is 44.4 Å². The number of carbonyl (C=O) groups is 1. The number of benzene rings is 2. The molecule has 182 valence electrons. The van der Waals surface area contributed by atoms with Crippen LogP contribution in [0.15, 0.2) is 72.3 Å². The van der Waals surface area contributed by atoms with Gasteiger partial charge in [0.25, 0.3) is 8.32 Å². The van der Waals surface area contributed by atoms with Crippen LogP contribution < -0.4 is 10.4 Å². The monoisotopic (exact) mass is 478 g/mol. The molecule has 0 aliphatic rings. The van der Waals surface area contributed by atoms with Crippen LogP contribution in [0.3, 0.4) is 0 Å². The van der Waals surface area contributed by atoms with Gasteiger partial charge in [0.2, 0.25) is 5.78 Å². The summed E-state index contributed by atoms with van der Waals surface area (Å²) in [5.41, 5.74) is 9.49. The Kier molecular flexibility index (Phi) is 9.89. The summed E-state index contributed by atoms with van der Waals surface area (Å²) in [6, 6.07) is 21.1. The Balaban J connectivity index is 2.47. The van der Waals surface area contributed by atoms with Gasteiger partial charge in [0, 0.05) is 19.4 Å². The molecule has 0 aliphatic heterocycles. The largest absolute Gasteiger partial charge is 0.402 e. The smallest absolute Gasteiger partial charge is 0.323 e. The topological polar surface area (TPSA) is 71.9 Å². The van der Waals surface area contributed by atoms with Gasteiger partial charge in [0.15, 0.2) is 0 Å². The highest BCUT2D eigenvalue weighted by Gasteiger charge is 2.51. The second-order valence-electron chi connectivity index (χ2n) is 9.95. The maximum atomic E-state index is 11.8. The predicted molar refractivity (Wildman–Crippen MR) is 141 cm³/mol. The van der Waals surface area contributed by atoms with E-state index >= 15 is 0 Å². The quantitative estimate of drug-likeness (QED) is 0.153. The molecule has 0 aromatic heterocycles. The van der Waals surface area contributed by atoms with E-state index in [1.807, 2.05) is 25.1 Å². The van der Waals surface area contributed by atoms with Crippen molar-refractivity contribution >= 4 is 30.7 Å². The first kappa shape index (κ1) is 27.6. The number of ketones is 1. The minimum Gasteiger partial charge on any atom is -0.402 e. The average molecular weight is 479 g/mol. The first-order valence-corrected chi connectivity index (χ1v) is 13.7. The zero-order valence-corrected chi connectivity index (χ0v) is 22.5. The molecule has 5 nitrogen and oxygen atoms in total. The molecular formula is C28H38N2O3Si. The molecule has 0 fully saturated rings. The lowest BCUT2D eigenvalue weighted by Crippen LogP contribution is -2.68. The van der Waals surface area contributed by atoms with Crippen LogP contribution in [0.4, 0.5) is 0 Å². The molecule has 0 spiro atoms. The van der Waals surface area contributed by atoms with Crippen molar-refractivity contribution in [1.82, 2.24) is 0 Å². The van der Waals surface area contributed by atoms with Crippen molar-refractivity contribution in [1.29, 1.82) is 0 Å². The Morgan fingerprint density at radius 1 is 1.03 bits per heavy atom. The molecule has 6 heteroatoms. The molecule has 0 N–H and O–H groups in total. The highest BCUT2D eigenvalue weighted by Crippen LogP contribution is 2.38. The highest BCUT2D eigenvalue weighted by molar-refractivity contribution is 6.99. The van der Waals surface area contributed by atoms with E-state index in [1.54, 1.807) is 7.11 Å². The molecule has 0 radical (unpaired) electrons. The van der Waals surface area contributed by atoms with Gasteiger partial charge in [-0.15, -0.1) is 0 Å². The summed E-state index contributed by atoms with van der Waals surface area (Å²) in [5.74, 6) is -0.230. The molecule has 0 unspecified atom stereocenters. The van der Waals surface area contributed by atoms with E-state index in [1.165, 1.54) is 10.4 Å². The fourth-order valence-electron chi connectivity index (χ4n) is 4.86. The molecule has 0 heterocycles. The molecular weight excluding hydrogens is 440 g/mol. The van der Waals surface area contributed by atoms with E-state index in [0.29, 0.717) is 0 Å². The highest BCUT2D eigenvalue weighted by atomic mass is 28.4. The first-order chi connectivity index (χ1) is 16.1. The number of rotatable bonds is 11. The van der Waals surface area contributed by atoms with Gasteiger partial charge in [-0.3, -0.25) is 4.79 Å². The number of methoxy groups -OCH3 is 1. The third kappa shape index (κ3) is 6.48. The Morgan fingerprint density at radius 2 is 1.53 bits per heavy atom. The van der Waals surface area contributed by atoms with Gasteiger partial charge < -0.3 is 14.7 Å². The summed E-state index contributed by atoms with van der Waals surface area (Å²) in [4.78, 5) is 14.6. The summed E-state index contributed by atoms with van der Waals surface area (Å²) in [6.45, 7) is 12.8. The number of carbonyl (C=O) groups excluding carboxylic acids is 1. The Labute approximate surface area is 205 Å². The molecule has 2 aromatic carbocycles. The van der Waals surface area contributed by atoms with Crippen molar-refractivity contribution < 1.29 is 18.7 Å². The van der Waals surface area contributed by atoms with E-state index in [-0.39, 0.29) is 35.4 Å². The minimum atomic E-state index is -2.71. The number of nitrogens with zero attached hydrogens (tertiary/aromatic N) is 2. The Hall–Kier alpha value is -2.63. The molecule has 0 amide bonds. The minimum absolute atomic E-state index is 0.0112. The zero-order valence-electron chi connectivity index (χ0n) is 21.5. The predicted octanol–water partition coefficient (Wildman–Crippen LogP) is 4.81. The van der Waals surface area contributed by atoms with Gasteiger partial charge in [0.05, 0.1) is 12.2 Å². The van der Waals surface area contributed by atoms with Crippen molar-refractivity contribution in [2.24, 2.45) is 5.92 Å². The maximum Gasteiger partial charge on any atom is 0.323 e. The second kappa shape index (κ2) is 12.2. The third-order valence-electron chi connectivity index (χ3n) is 6.23. The van der Waals surface area contributed by atoms with E-state index in [9.17, 15) is 4.79 Å². The maximum absolute atomic E-state index is 11.8. The lowest BCUT2D eigenvalue weighted by atomic mass is 9.96. The van der Waals surface area contributed by atoms with Gasteiger partial charge >= 0.3 is 6.21 Å². The van der Waals surface area contributed by atoms with Crippen molar-refractivity contribution in [3.8, 4) is 0 Å². The van der Waals surface area contributed by atoms with E-state index < -0.39 is 8.32 Å². The molecule has 0 bridgehead atoms. The van der Waals surface area contributed by atoms with Gasteiger partial charge in [-0.2, -0.15) is 4.79 Å². The van der Waals surface area contributed by atoms with Gasteiger partial charge in [0.1, 0.15) is 0 Å². The van der Waals surface area contributed by atoms with E-state index in [2.05, 4.69) is 87.9 Å². The fraction of sp³-hybridized carbons (Fsp3) is 0.429. The van der Waals surface area contributed by atoms with Crippen molar-refractivity contribution in [2.75, 3.05) is 7.11 Å². The van der Waals surface area contributed by atoms with E-state index in [0.717, 1.165) is 11.8 Å². The summed E-state index contributed by atoms with van der Waals surface area (Å²) in [5, 5.41) is 2.32. The normalized spacial score (nSPS) is 15.2. The molecule has 0 saturated carbocycles. The molecule has 34 heavy (non-hydrogen) atoms. The average Bonchev–Trinajstić information content (AvgIpc) is 2.78. The van der Waals surface area contributed by atoms with Gasteiger partial charge in [-0.25, -0.2) is 0 Å². The first-order valence-electron chi connectivity index (χ1n) is 11.8. The van der Waals surface area contributed by atoms with Crippen LogP contribution in [0.1, 0.15) is 48.0 Å². The molecule has 0 saturated heterocycles. The van der Waals surface area contributed by atoms with Crippen LogP contribution in [0.5, 0.6) is 0 Å². The second-order valence-corrected chi connectivity index (χ2v) is 14.2. The Bertz CT molecular complexity index is 969. The molecule has 0 aliphatic carbocycles. The Morgan fingerprint density at radius 3 is 1.94 bits per heavy atom. The van der Waals surface area contributed by atoms with Crippen LogP contribution in [0.2, 0.25) is 5.04 Å². The number of ether oxygens (including phenoxy) is 1. The number of hydrogen-bond donors (Lipinski definition) is 0. The molecule has 2 rings (SSSR count). The lowest BCUT2D eigenvalue weighted by molar-refractivity contribution is -0.115. The number of allylic oxidation sites excluding steroid dienone is 1. The number of Topliss-reactive ketones (excluding diaryl/α,β-unsaturated/α-hetero) is 1. The summed E-state index contributed by atoms with van der Waals surface area (Å²) in [7, 11) is -1.01. The van der Waals surface area contributed by atoms with Crippen LogP contribution >= 0.6 is 0 Å². The SMILES string of the molecule is CO[C@@H]([C@H](C)O[Si](c1ccccc1)(c1ccccc1)C(C)(C)C)[C@@H](C)/C=C(\C)CC(=O)C=[N+]=[N-]. The summed E-state index contributed by atoms with van der Waals surface area (Å²) in [6.07, 6.45) is 2.77. The van der Waals surface area contributed by atoms with Crippen molar-refractivity contribution in [3.63, 3.8) is 0 Å². The molecule has 3 atom stereocenters. The van der Waals surface area contributed by atoms with Crippen LogP contribution in [-0.2, 0) is 14.0 Å². The zero-order chi connectivity index (χ0) is 25.4. The number of hydrogen-bond acceptors (Lipinski definition) is 3. The van der Waals surface area contributed by atoms with Gasteiger partial charge in [-0.05, 0) is 29.3 Å². The fourth-order valence-corrected chi connectivity index (χ4v) is 9.56. The standard InChI is InChI=1S/C28H38N2O3Si/c1-21(19-24(31)20-30-29)18-22(2)27(32-7)23(3)33-34(28(4,5)6,25-14-10-8-11-15-25)26-16-12-9-13-17-26/h8-18,20,22-23,27H,19H2,1-7H3/b21-18+/t22-,23-,27+/m0/s1. The van der Waals surface area contributed by atoms with Crippen molar-refractivity contribution in [2.45, 2.75) is 65.2 Å². The third-order valence-corrected chi connectivity index (χ3v) is 11.4. The van der Waals surface area contributed by atoms with Crippen LogP contribution in [0.25, 0.3) is 5.53 Å². The lowest BCUT2D eigenvalue weighted by Gasteiger charge is -2.46. The molecule has 2 aromatic rings. The summed E-state index contributed by atoms with van der Waals surface area (Å²) < 4.78 is 13.2. The van der Waals surface area contributed by atoms with Crippen LogP contribution in [0, 0.1) is 5.92 Å². The van der Waals surface area contributed by atoms with E-state index in [4.69, 9.17) is 14.7 Å². The van der Waals surface area contributed by atoms with Crippen molar-refractivity contribution in [3.05, 3.63) is 77.8 Å².